The topological polar surface area (TPSA) is 88.6 Å². The number of aromatic nitrogens is 2. The number of rotatable bonds is 5. The van der Waals surface area contributed by atoms with E-state index in [9.17, 15) is 4.79 Å². The zero-order valence-corrected chi connectivity index (χ0v) is 15.0. The second kappa shape index (κ2) is 6.83. The van der Waals surface area contributed by atoms with Gasteiger partial charge in [-0.2, -0.15) is 0 Å². The van der Waals surface area contributed by atoms with Crippen LogP contribution in [0.1, 0.15) is 23.2 Å². The second-order valence-electron chi connectivity index (χ2n) is 6.63. The van der Waals surface area contributed by atoms with Crippen LogP contribution < -0.4 is 10.9 Å². The fourth-order valence-electron chi connectivity index (χ4n) is 3.52. The largest absolute Gasteiger partial charge is 0.463 e. The molecule has 0 amide bonds. The lowest BCUT2D eigenvalue weighted by molar-refractivity contribution is -0.705. The normalized spacial score (nSPS) is 12.6. The van der Waals surface area contributed by atoms with Crippen molar-refractivity contribution in [2.24, 2.45) is 0 Å². The fraction of sp³-hybridized carbons (Fsp3) is 0.0909. The molecule has 5 aromatic rings. The molecule has 0 aliphatic heterocycles. The van der Waals surface area contributed by atoms with Crippen molar-refractivity contribution in [3.63, 3.8) is 0 Å². The predicted octanol–water partition coefficient (Wildman–Crippen LogP) is 3.12. The molecule has 6 heteroatoms. The second-order valence-corrected chi connectivity index (χ2v) is 6.63. The average Bonchev–Trinajstić information content (AvgIpc) is 3.38. The van der Waals surface area contributed by atoms with Gasteiger partial charge in [-0.1, -0.05) is 42.5 Å². The van der Waals surface area contributed by atoms with E-state index in [-0.39, 0.29) is 17.2 Å². The van der Waals surface area contributed by atoms with Gasteiger partial charge in [0, 0.05) is 10.9 Å². The van der Waals surface area contributed by atoms with Crippen LogP contribution in [0.25, 0.3) is 22.1 Å². The Morgan fingerprint density at radius 1 is 1.00 bits per heavy atom. The Balaban J connectivity index is 1.50. The number of furan rings is 2. The molecule has 0 spiro atoms. The molecule has 0 bridgehead atoms. The average molecular weight is 372 g/mol. The summed E-state index contributed by atoms with van der Waals surface area (Å²) in [7, 11) is 0. The molecule has 0 saturated heterocycles. The van der Waals surface area contributed by atoms with Crippen LogP contribution in [0.15, 0.2) is 86.6 Å². The van der Waals surface area contributed by atoms with E-state index in [2.05, 4.69) is 27.4 Å². The monoisotopic (exact) mass is 372 g/mol. The molecule has 0 saturated carbocycles. The zero-order chi connectivity index (χ0) is 18.9. The minimum absolute atomic E-state index is 0.0294. The molecule has 0 radical (unpaired) electrons. The third-order valence-electron chi connectivity index (χ3n) is 4.84. The molecule has 2 aromatic carbocycles. The lowest BCUT2D eigenvalue weighted by Gasteiger charge is -2.13. The van der Waals surface area contributed by atoms with Gasteiger partial charge in [0.2, 0.25) is 5.58 Å². The molecule has 3 N–H and O–H groups in total. The smallest absolute Gasteiger partial charge is 0.294 e. The van der Waals surface area contributed by atoms with Gasteiger partial charge >= 0.3 is 0 Å². The summed E-state index contributed by atoms with van der Waals surface area (Å²) in [5.74, 6) is 1.44. The maximum absolute atomic E-state index is 12.5. The third kappa shape index (κ3) is 2.90. The van der Waals surface area contributed by atoms with Crippen molar-refractivity contribution in [1.82, 2.24) is 9.97 Å². The molecule has 0 fully saturated rings. The molecule has 1 atom stereocenters. The van der Waals surface area contributed by atoms with Crippen LogP contribution in [0.2, 0.25) is 0 Å². The van der Waals surface area contributed by atoms with Crippen molar-refractivity contribution < 1.29 is 14.2 Å². The summed E-state index contributed by atoms with van der Waals surface area (Å²) < 4.78 is 11.3. The summed E-state index contributed by atoms with van der Waals surface area (Å²) in [6.07, 6.45) is 1.67. The van der Waals surface area contributed by atoms with Gasteiger partial charge in [-0.05, 0) is 24.3 Å². The van der Waals surface area contributed by atoms with Gasteiger partial charge in [-0.15, -0.1) is 0 Å². The van der Waals surface area contributed by atoms with Crippen LogP contribution in [0, 0.1) is 0 Å². The Bertz CT molecular complexity index is 1290. The summed E-state index contributed by atoms with van der Waals surface area (Å²) in [5, 5.41) is 2.94. The Morgan fingerprint density at radius 2 is 1.82 bits per heavy atom. The minimum atomic E-state index is -0.265. The van der Waals surface area contributed by atoms with Crippen LogP contribution in [-0.4, -0.2) is 9.97 Å². The van der Waals surface area contributed by atoms with E-state index in [1.807, 2.05) is 54.6 Å². The quantitative estimate of drug-likeness (QED) is 0.496. The van der Waals surface area contributed by atoms with E-state index in [0.717, 1.165) is 16.7 Å². The molecular weight excluding hydrogens is 354 g/mol. The Hall–Kier alpha value is -3.64. The van der Waals surface area contributed by atoms with Crippen LogP contribution in [-0.2, 0) is 6.54 Å². The third-order valence-corrected chi connectivity index (χ3v) is 4.84. The van der Waals surface area contributed by atoms with Crippen LogP contribution in [0.5, 0.6) is 0 Å². The Labute approximate surface area is 159 Å². The summed E-state index contributed by atoms with van der Waals surface area (Å²) in [6.45, 7) is 0.491. The number of nitrogens with two attached hydrogens (primary N) is 1. The highest BCUT2D eigenvalue weighted by Gasteiger charge is 2.21. The van der Waals surface area contributed by atoms with Gasteiger partial charge in [-0.3, -0.25) is 4.79 Å². The van der Waals surface area contributed by atoms with E-state index in [1.54, 1.807) is 6.26 Å². The number of nitrogens with one attached hydrogen (secondary N) is 1. The predicted molar refractivity (Wildman–Crippen MR) is 105 cm³/mol. The first-order chi connectivity index (χ1) is 13.8. The zero-order valence-electron chi connectivity index (χ0n) is 15.0. The van der Waals surface area contributed by atoms with Gasteiger partial charge in [0.1, 0.15) is 17.6 Å². The number of benzene rings is 2. The first-order valence-electron chi connectivity index (χ1n) is 9.12. The standard InChI is InChI=1S/C22H17N3O3/c26-22-21-20(15-9-4-5-10-16(15)28-21)24-18(25-22)13-23-19(17-11-6-12-27-17)14-7-2-1-3-8-14/h1-12,19,23H,13H2,(H,24,25,26)/p+1/t19-/m0/s1. The summed E-state index contributed by atoms with van der Waals surface area (Å²) in [6, 6.07) is 21.5. The molecule has 28 heavy (non-hydrogen) atoms. The van der Waals surface area contributed by atoms with Gasteiger partial charge in [-0.25, -0.2) is 4.98 Å². The highest BCUT2D eigenvalue weighted by atomic mass is 16.3. The number of hydrogen-bond donors (Lipinski definition) is 2. The van der Waals surface area contributed by atoms with Crippen molar-refractivity contribution in [3.8, 4) is 0 Å². The number of fused-ring (bicyclic) bond motifs is 3. The van der Waals surface area contributed by atoms with Gasteiger partial charge in [0.25, 0.3) is 5.56 Å². The van der Waals surface area contributed by atoms with E-state index >= 15 is 0 Å². The molecule has 0 aliphatic carbocycles. The van der Waals surface area contributed by atoms with Crippen molar-refractivity contribution in [3.05, 3.63) is 100 Å². The van der Waals surface area contributed by atoms with E-state index in [4.69, 9.17) is 8.83 Å². The number of H-pyrrole nitrogens is 1. The molecule has 138 valence electrons. The SMILES string of the molecule is O=c1[nH]c(C[NH2+][C@@H](c2ccccc2)c2ccco2)nc2c1oc1ccccc12. The molecule has 5 rings (SSSR count). The van der Waals surface area contributed by atoms with Gasteiger partial charge < -0.3 is 19.1 Å². The van der Waals surface area contributed by atoms with Gasteiger partial charge in [0.15, 0.2) is 17.6 Å². The first-order valence-corrected chi connectivity index (χ1v) is 9.12. The Morgan fingerprint density at radius 3 is 2.64 bits per heavy atom. The highest BCUT2D eigenvalue weighted by Crippen LogP contribution is 2.24. The van der Waals surface area contributed by atoms with Crippen LogP contribution in [0.4, 0.5) is 0 Å². The first kappa shape index (κ1) is 16.5. The number of nitrogens with zero attached hydrogens (tertiary/aromatic N) is 1. The van der Waals surface area contributed by atoms with E-state index < -0.39 is 0 Å². The van der Waals surface area contributed by atoms with Crippen molar-refractivity contribution in [2.45, 2.75) is 12.6 Å². The molecule has 0 unspecified atom stereocenters. The fourth-order valence-corrected chi connectivity index (χ4v) is 3.52. The molecule has 3 aromatic heterocycles. The van der Waals surface area contributed by atoms with Crippen molar-refractivity contribution in [1.29, 1.82) is 0 Å². The number of aromatic amines is 1. The van der Waals surface area contributed by atoms with E-state index in [0.29, 0.717) is 23.5 Å². The summed E-state index contributed by atoms with van der Waals surface area (Å²) >= 11 is 0. The van der Waals surface area contributed by atoms with Crippen LogP contribution >= 0.6 is 0 Å². The summed E-state index contributed by atoms with van der Waals surface area (Å²) in [5.41, 5.74) is 2.37. The molecule has 3 heterocycles. The van der Waals surface area contributed by atoms with Gasteiger partial charge in [0.05, 0.1) is 6.26 Å². The minimum Gasteiger partial charge on any atom is -0.463 e. The highest BCUT2D eigenvalue weighted by molar-refractivity contribution is 6.01. The molecular formula is C22H18N3O3+. The maximum Gasteiger partial charge on any atom is 0.294 e. The van der Waals surface area contributed by atoms with E-state index in [1.165, 1.54) is 0 Å². The molecule has 0 aliphatic rings. The number of para-hydroxylation sites is 1. The Kier molecular flexibility index (Phi) is 4.03. The molecule has 6 nitrogen and oxygen atoms in total. The lowest BCUT2D eigenvalue weighted by Crippen LogP contribution is -2.84. The summed E-state index contributed by atoms with van der Waals surface area (Å²) in [4.78, 5) is 20.0. The number of hydrogen-bond acceptors (Lipinski definition) is 4. The van der Waals surface area contributed by atoms with Crippen molar-refractivity contribution in [2.75, 3.05) is 0 Å². The maximum atomic E-state index is 12.5. The lowest BCUT2D eigenvalue weighted by atomic mass is 10.0. The number of quaternary nitrogens is 1. The van der Waals surface area contributed by atoms with Crippen molar-refractivity contribution >= 4 is 22.1 Å². The van der Waals surface area contributed by atoms with Crippen LogP contribution in [0.3, 0.4) is 0 Å².